The van der Waals surface area contributed by atoms with E-state index in [2.05, 4.69) is 10.2 Å². The number of aliphatic hydroxyl groups is 5. The molecule has 21 nitrogen and oxygen atoms in total. The van der Waals surface area contributed by atoms with Crippen molar-refractivity contribution in [3.63, 3.8) is 0 Å². The van der Waals surface area contributed by atoms with E-state index in [1.54, 1.807) is 48.4 Å². The second-order valence-corrected chi connectivity index (χ2v) is 20.2. The number of ketones is 2. The quantitative estimate of drug-likeness (QED) is 0.0851. The lowest BCUT2D eigenvalue weighted by molar-refractivity contribution is -0.252. The number of carboxylic acids is 1. The second kappa shape index (κ2) is 16.8. The third-order valence-electron chi connectivity index (χ3n) is 16.5. The van der Waals surface area contributed by atoms with Gasteiger partial charge < -0.3 is 65.9 Å². The zero-order valence-electron chi connectivity index (χ0n) is 39.5. The molecule has 3 aliphatic carbocycles. The van der Waals surface area contributed by atoms with Crippen LogP contribution in [0.4, 0.5) is 5.69 Å². The standard InChI is InChI=1S/C51H54N6O15/c1-20(2)26-17-27(33(59)19-32(26)58)47-53-54-50(69)56(47)24-8-9-30-22(14-24)11-13-57(30)31-10-12-55(41(31)48(65)66)51(57,49(67)68)23-15-28-38(35(16-23)72-36-18-29(52)42(60)21(3)71-36)46(64)40-39(44(28)62)43(61)25-6-5-7-34(70-4)37(25)45(40)63/h5-9,11,13-14,17,19-21,23,28-29,31,35-36,41-42,44,49,60,62,67-68H,10,12,15-16,18,52H2,1-4H3,(H4-,53,54,58,59,61,63,64,65,66,69)/p+1/t21-,23-,28?,29-,31?,35-,36-,41-,42+,44?,51?,57?/m0/s1. The Balaban J connectivity index is 1.06. The summed E-state index contributed by atoms with van der Waals surface area (Å²) in [6.45, 7) is 5.43. The minimum absolute atomic E-state index is 0.0275. The fourth-order valence-electron chi connectivity index (χ4n) is 13.5. The van der Waals surface area contributed by atoms with Gasteiger partial charge in [0.1, 0.15) is 40.9 Å². The molecule has 4 fully saturated rings. The van der Waals surface area contributed by atoms with E-state index >= 15 is 0 Å². The predicted octanol–water partition coefficient (Wildman–Crippen LogP) is 2.82. The van der Waals surface area contributed by atoms with Gasteiger partial charge in [0.2, 0.25) is 17.7 Å². The highest BCUT2D eigenvalue weighted by Crippen LogP contribution is 2.63. The first-order valence-electron chi connectivity index (χ1n) is 23.9. The number of aliphatic carboxylic acids is 1. The average molecular weight is 992 g/mol. The summed E-state index contributed by atoms with van der Waals surface area (Å²) >= 11 is 0. The van der Waals surface area contributed by atoms with E-state index in [9.17, 15) is 60.3 Å². The lowest BCUT2D eigenvalue weighted by atomic mass is 9.62. The van der Waals surface area contributed by atoms with Crippen molar-refractivity contribution < 1.29 is 74.6 Å². The van der Waals surface area contributed by atoms with Crippen molar-refractivity contribution in [2.45, 2.75) is 113 Å². The monoisotopic (exact) mass is 991 g/mol. The SMILES string of the molecule is COc1cccc2c1C(=O)C1=C(C2=O)C(O)C2C[C@H](C3(C(O)O)N4CCC([C@H]4C(=O)O)[N+]34C=Cc3cc(-n5c(O)nnc5-c5cc(C(C)C)c(O)cc5O)ccc34)C[C@H](O[C@H]3C[C@H](N)[C@H](O)[C@H](C)O3)C2=C1O. The number of carbonyl (C=O) groups is 3. The van der Waals surface area contributed by atoms with Gasteiger partial charge in [0.15, 0.2) is 23.9 Å². The lowest BCUT2D eigenvalue weighted by Gasteiger charge is -2.58. The molecular formula is C51H55N6O15+. The van der Waals surface area contributed by atoms with Crippen LogP contribution in [0.2, 0.25) is 0 Å². The van der Waals surface area contributed by atoms with Crippen LogP contribution >= 0.6 is 0 Å². The summed E-state index contributed by atoms with van der Waals surface area (Å²) in [6.07, 6.45) is -5.04. The summed E-state index contributed by atoms with van der Waals surface area (Å²) in [5, 5.41) is 112. The largest absolute Gasteiger partial charge is 0.508 e. The molecule has 0 radical (unpaired) electrons. The Morgan fingerprint density at radius 3 is 2.43 bits per heavy atom. The number of ether oxygens (including phenoxy) is 3. The first-order valence-corrected chi connectivity index (χ1v) is 23.9. The molecule has 6 unspecified atom stereocenters. The molecule has 3 aromatic carbocycles. The van der Waals surface area contributed by atoms with Crippen LogP contribution in [0, 0.1) is 11.8 Å². The van der Waals surface area contributed by atoms with Crippen LogP contribution in [0.5, 0.6) is 23.3 Å². The number of methoxy groups -OCH3 is 1. The number of aliphatic hydroxyl groups excluding tert-OH is 4. The molecular weight excluding hydrogens is 937 g/mol. The van der Waals surface area contributed by atoms with Crippen molar-refractivity contribution in [1.29, 1.82) is 0 Å². The van der Waals surface area contributed by atoms with Crippen LogP contribution in [0.1, 0.15) is 84.2 Å². The maximum Gasteiger partial charge on any atom is 0.327 e. The van der Waals surface area contributed by atoms with Crippen LogP contribution in [-0.2, 0) is 14.3 Å². The number of carboxylic acid groups (broad SMARTS) is 1. The summed E-state index contributed by atoms with van der Waals surface area (Å²) < 4.78 is 19.1. The number of quaternary nitrogens is 1. The number of allylic oxidation sites excluding steroid dienone is 1. The Morgan fingerprint density at radius 2 is 1.74 bits per heavy atom. The zero-order valence-corrected chi connectivity index (χ0v) is 39.5. The third-order valence-corrected chi connectivity index (χ3v) is 16.5. The second-order valence-electron chi connectivity index (χ2n) is 20.2. The number of fused-ring (bicyclic) bond motifs is 7. The van der Waals surface area contributed by atoms with Crippen molar-refractivity contribution in [2.75, 3.05) is 13.7 Å². The molecule has 0 amide bonds. The molecule has 1 saturated carbocycles. The molecule has 11 N–H and O–H groups in total. The number of aromatic hydroxyl groups is 3. The summed E-state index contributed by atoms with van der Waals surface area (Å²) in [4.78, 5) is 44.2. The third kappa shape index (κ3) is 6.35. The summed E-state index contributed by atoms with van der Waals surface area (Å²) in [6, 6.07) is 8.70. The summed E-state index contributed by atoms with van der Waals surface area (Å²) in [7, 11) is 1.33. The number of rotatable bonds is 9. The van der Waals surface area contributed by atoms with E-state index in [0.29, 0.717) is 28.9 Å². The average Bonchev–Trinajstić information content (AvgIpc) is 4.11. The molecule has 1 aromatic heterocycles. The maximum absolute atomic E-state index is 14.5. The molecule has 13 atom stereocenters. The number of hydrogen-bond donors (Lipinski definition) is 10. The van der Waals surface area contributed by atoms with Crippen molar-refractivity contribution in [3.8, 4) is 40.3 Å². The molecule has 7 aliphatic rings. The van der Waals surface area contributed by atoms with Gasteiger partial charge in [-0.15, -0.1) is 5.10 Å². The molecule has 3 saturated heterocycles. The molecule has 5 heterocycles. The number of benzene rings is 3. The van der Waals surface area contributed by atoms with Gasteiger partial charge in [-0.05, 0) is 55.5 Å². The van der Waals surface area contributed by atoms with E-state index in [-0.39, 0.29) is 82.6 Å². The zero-order chi connectivity index (χ0) is 51.2. The minimum atomic E-state index is -2.31. The maximum atomic E-state index is 14.5. The smallest absolute Gasteiger partial charge is 0.327 e. The van der Waals surface area contributed by atoms with Gasteiger partial charge in [0.05, 0.1) is 53.9 Å². The summed E-state index contributed by atoms with van der Waals surface area (Å²) in [5.41, 5.74) is 5.38. The van der Waals surface area contributed by atoms with Crippen molar-refractivity contribution in [1.82, 2.24) is 24.1 Å². The number of nitrogens with zero attached hydrogens (tertiary/aromatic N) is 5. The number of aromatic nitrogens is 3. The number of hydrogen-bond acceptors (Lipinski definition) is 18. The highest BCUT2D eigenvalue weighted by molar-refractivity contribution is 6.30. The van der Waals surface area contributed by atoms with Crippen LogP contribution in [0.15, 0.2) is 77.2 Å². The lowest BCUT2D eigenvalue weighted by Crippen LogP contribution is -2.77. The Bertz CT molecular complexity index is 3080. The highest BCUT2D eigenvalue weighted by Gasteiger charge is 2.80. The van der Waals surface area contributed by atoms with E-state index in [0.717, 1.165) is 0 Å². The molecule has 11 rings (SSSR count). The Labute approximate surface area is 411 Å². The van der Waals surface area contributed by atoms with Crippen LogP contribution in [-0.4, -0.2) is 158 Å². The van der Waals surface area contributed by atoms with Crippen molar-refractivity contribution in [3.05, 3.63) is 99.5 Å². The van der Waals surface area contributed by atoms with Crippen LogP contribution in [0.25, 0.3) is 23.2 Å². The van der Waals surface area contributed by atoms with Crippen molar-refractivity contribution in [2.24, 2.45) is 17.6 Å². The number of Topliss-reactive ketones (excluding diaryl/α,β-unsaturated/α-hetero) is 2. The Morgan fingerprint density at radius 1 is 0.972 bits per heavy atom. The van der Waals surface area contributed by atoms with Crippen LogP contribution in [0.3, 0.4) is 0 Å². The molecule has 4 aliphatic heterocycles. The van der Waals surface area contributed by atoms with E-state index < -0.39 is 112 Å². The van der Waals surface area contributed by atoms with E-state index in [1.165, 1.54) is 35.9 Å². The van der Waals surface area contributed by atoms with Crippen LogP contribution < -0.4 is 15.0 Å². The first kappa shape index (κ1) is 47.8. The molecule has 2 bridgehead atoms. The van der Waals surface area contributed by atoms with E-state index in [4.69, 9.17) is 19.9 Å². The van der Waals surface area contributed by atoms with Gasteiger partial charge in [-0.25, -0.2) is 14.0 Å². The highest BCUT2D eigenvalue weighted by atomic mass is 16.7. The topological polar surface area (TPSA) is 321 Å². The minimum Gasteiger partial charge on any atom is -0.508 e. The molecule has 72 heavy (non-hydrogen) atoms. The number of carbonyl (C=O) groups excluding carboxylic acids is 2. The Kier molecular flexibility index (Phi) is 11.1. The van der Waals surface area contributed by atoms with Gasteiger partial charge in [0, 0.05) is 77.7 Å². The fourth-order valence-corrected chi connectivity index (χ4v) is 13.5. The molecule has 378 valence electrons. The van der Waals surface area contributed by atoms with Gasteiger partial charge in [-0.3, -0.25) is 14.4 Å². The number of phenols is 2. The predicted molar refractivity (Wildman–Crippen MR) is 253 cm³/mol. The molecule has 4 aromatic rings. The van der Waals surface area contributed by atoms with Gasteiger partial charge in [-0.2, -0.15) is 0 Å². The van der Waals surface area contributed by atoms with Crippen molar-refractivity contribution >= 4 is 29.3 Å². The molecule has 21 heteroatoms. The van der Waals surface area contributed by atoms with Gasteiger partial charge >= 0.3 is 12.0 Å². The normalized spacial score (nSPS) is 33.5. The number of phenolic OH excluding ortho intramolecular Hbond substituents is 2. The molecule has 1 spiro atoms. The van der Waals surface area contributed by atoms with Gasteiger partial charge in [0.25, 0.3) is 0 Å². The van der Waals surface area contributed by atoms with Gasteiger partial charge in [-0.1, -0.05) is 31.1 Å². The fraction of sp³-hybridized carbons (Fsp3) is 0.431. The number of nitrogens with two attached hydrogens (primary N) is 1. The van der Waals surface area contributed by atoms with E-state index in [1.807, 2.05) is 13.8 Å². The Hall–Kier alpha value is -6.53. The summed E-state index contributed by atoms with van der Waals surface area (Å²) in [5.74, 6) is -6.12. The first-order chi connectivity index (χ1) is 34.3.